The van der Waals surface area contributed by atoms with Gasteiger partial charge in [-0.05, 0) is 42.0 Å². The van der Waals surface area contributed by atoms with Crippen LogP contribution in [-0.4, -0.2) is 22.0 Å². The second kappa shape index (κ2) is 8.46. The van der Waals surface area contributed by atoms with Gasteiger partial charge in [-0.2, -0.15) is 0 Å². The maximum absolute atomic E-state index is 13.0. The Labute approximate surface area is 174 Å². The summed E-state index contributed by atoms with van der Waals surface area (Å²) >= 11 is 1.33. The summed E-state index contributed by atoms with van der Waals surface area (Å²) in [6, 6.07) is 12.4. The molecule has 0 spiro atoms. The second-order valence-corrected chi connectivity index (χ2v) is 7.20. The number of nitrogens with two attached hydrogens (primary N) is 1. The molecule has 0 saturated carbocycles. The van der Waals surface area contributed by atoms with Gasteiger partial charge < -0.3 is 19.7 Å². The van der Waals surface area contributed by atoms with E-state index >= 15 is 0 Å². The van der Waals surface area contributed by atoms with Crippen molar-refractivity contribution in [1.82, 2.24) is 14.9 Å². The van der Waals surface area contributed by atoms with Gasteiger partial charge in [-0.15, -0.1) is 10.2 Å². The molecule has 2 aromatic heterocycles. The number of nitrogens with zero attached hydrogens (tertiary/aromatic N) is 3. The molecule has 0 amide bonds. The van der Waals surface area contributed by atoms with Crippen LogP contribution in [0.1, 0.15) is 11.4 Å². The topological polar surface area (TPSA) is 105 Å². The molecule has 0 bridgehead atoms. The van der Waals surface area contributed by atoms with Gasteiger partial charge in [-0.1, -0.05) is 11.8 Å². The number of fused-ring (bicyclic) bond motifs is 1. The minimum Gasteiger partial charge on any atom is -0.497 e. The molecule has 30 heavy (non-hydrogen) atoms. The van der Waals surface area contributed by atoms with Crippen molar-refractivity contribution >= 4 is 22.7 Å². The van der Waals surface area contributed by atoms with Crippen molar-refractivity contribution in [3.05, 3.63) is 76.2 Å². The molecule has 0 saturated heterocycles. The Morgan fingerprint density at radius 1 is 1.13 bits per heavy atom. The Morgan fingerprint density at radius 3 is 2.67 bits per heavy atom. The SMILES string of the molecule is COc1ccc2c(CSc3nnc(COc4ccc(F)cc4)n3N)cc(=O)oc2c1. The van der Waals surface area contributed by atoms with E-state index in [0.717, 1.165) is 10.9 Å². The van der Waals surface area contributed by atoms with E-state index in [0.29, 0.717) is 33.8 Å². The summed E-state index contributed by atoms with van der Waals surface area (Å²) in [6.07, 6.45) is 0. The van der Waals surface area contributed by atoms with Crippen LogP contribution < -0.4 is 20.9 Å². The van der Waals surface area contributed by atoms with Crippen LogP contribution in [-0.2, 0) is 12.4 Å². The van der Waals surface area contributed by atoms with Gasteiger partial charge in [-0.25, -0.2) is 13.9 Å². The van der Waals surface area contributed by atoms with Crippen molar-refractivity contribution in [1.29, 1.82) is 0 Å². The fraction of sp³-hybridized carbons (Fsp3) is 0.150. The van der Waals surface area contributed by atoms with Crippen LogP contribution in [0.25, 0.3) is 11.0 Å². The summed E-state index contributed by atoms with van der Waals surface area (Å²) in [5.74, 6) is 7.66. The Hall–Kier alpha value is -3.53. The highest BCUT2D eigenvalue weighted by Gasteiger charge is 2.13. The van der Waals surface area contributed by atoms with E-state index in [9.17, 15) is 9.18 Å². The fourth-order valence-corrected chi connectivity index (χ4v) is 3.65. The molecule has 0 atom stereocenters. The number of ether oxygens (including phenoxy) is 2. The van der Waals surface area contributed by atoms with E-state index in [2.05, 4.69) is 10.2 Å². The molecule has 2 N–H and O–H groups in total. The highest BCUT2D eigenvalue weighted by atomic mass is 32.2. The summed E-state index contributed by atoms with van der Waals surface area (Å²) in [5.41, 5.74) is 0.773. The molecule has 4 aromatic rings. The Morgan fingerprint density at radius 2 is 1.90 bits per heavy atom. The van der Waals surface area contributed by atoms with E-state index in [-0.39, 0.29) is 12.4 Å². The third-order valence-corrected chi connectivity index (χ3v) is 5.30. The number of nitrogen functional groups attached to an aromatic ring is 1. The number of methoxy groups -OCH3 is 1. The van der Waals surface area contributed by atoms with Crippen LogP contribution in [0.4, 0.5) is 4.39 Å². The highest BCUT2D eigenvalue weighted by Crippen LogP contribution is 2.27. The van der Waals surface area contributed by atoms with Crippen LogP contribution in [0.3, 0.4) is 0 Å². The van der Waals surface area contributed by atoms with Crippen molar-refractivity contribution in [2.24, 2.45) is 0 Å². The average molecular weight is 428 g/mol. The van der Waals surface area contributed by atoms with E-state index in [4.69, 9.17) is 19.7 Å². The molecule has 154 valence electrons. The van der Waals surface area contributed by atoms with Gasteiger partial charge in [0.25, 0.3) is 0 Å². The lowest BCUT2D eigenvalue weighted by Gasteiger charge is -2.08. The molecule has 0 aliphatic rings. The summed E-state index contributed by atoms with van der Waals surface area (Å²) in [7, 11) is 1.55. The first-order valence-corrected chi connectivity index (χ1v) is 9.83. The number of benzene rings is 2. The first kappa shape index (κ1) is 19.8. The van der Waals surface area contributed by atoms with Gasteiger partial charge in [0, 0.05) is 23.3 Å². The van der Waals surface area contributed by atoms with Gasteiger partial charge in [0.2, 0.25) is 5.16 Å². The molecule has 2 heterocycles. The lowest BCUT2D eigenvalue weighted by Crippen LogP contribution is -2.15. The summed E-state index contributed by atoms with van der Waals surface area (Å²) < 4.78 is 30.3. The predicted molar refractivity (Wildman–Crippen MR) is 110 cm³/mol. The number of hydrogen-bond acceptors (Lipinski definition) is 8. The lowest BCUT2D eigenvalue weighted by molar-refractivity contribution is 0.291. The zero-order valence-electron chi connectivity index (χ0n) is 15.9. The summed E-state index contributed by atoms with van der Waals surface area (Å²) in [4.78, 5) is 11.9. The molecule has 2 aromatic carbocycles. The predicted octanol–water partition coefficient (Wildman–Crippen LogP) is 3.12. The number of hydrogen-bond donors (Lipinski definition) is 1. The lowest BCUT2D eigenvalue weighted by atomic mass is 10.1. The largest absolute Gasteiger partial charge is 0.497 e. The van der Waals surface area contributed by atoms with Gasteiger partial charge in [0.1, 0.15) is 29.5 Å². The monoisotopic (exact) mass is 428 g/mol. The Bertz CT molecular complexity index is 1240. The zero-order valence-corrected chi connectivity index (χ0v) is 16.7. The molecule has 8 nitrogen and oxygen atoms in total. The van der Waals surface area contributed by atoms with Crippen molar-refractivity contribution < 1.29 is 18.3 Å². The third kappa shape index (κ3) is 4.23. The molecule has 0 fully saturated rings. The highest BCUT2D eigenvalue weighted by molar-refractivity contribution is 7.98. The van der Waals surface area contributed by atoms with Crippen molar-refractivity contribution in [3.63, 3.8) is 0 Å². The number of halogens is 1. The average Bonchev–Trinajstić information content (AvgIpc) is 3.10. The minimum absolute atomic E-state index is 0.0767. The quantitative estimate of drug-likeness (QED) is 0.272. The summed E-state index contributed by atoms with van der Waals surface area (Å²) in [5, 5.41) is 9.37. The molecular formula is C20H17FN4O4S. The van der Waals surface area contributed by atoms with Crippen molar-refractivity contribution in [2.75, 3.05) is 13.0 Å². The smallest absolute Gasteiger partial charge is 0.336 e. The number of thioether (sulfide) groups is 1. The van der Waals surface area contributed by atoms with Gasteiger partial charge in [0.15, 0.2) is 5.82 Å². The van der Waals surface area contributed by atoms with Crippen LogP contribution in [0.2, 0.25) is 0 Å². The molecule has 4 rings (SSSR count). The normalized spacial score (nSPS) is 11.0. The van der Waals surface area contributed by atoms with E-state index in [1.54, 1.807) is 19.2 Å². The molecule has 0 aliphatic heterocycles. The van der Waals surface area contributed by atoms with E-state index in [1.165, 1.54) is 46.8 Å². The van der Waals surface area contributed by atoms with Crippen LogP contribution in [0.15, 0.2) is 62.9 Å². The maximum atomic E-state index is 13.0. The second-order valence-electron chi connectivity index (χ2n) is 6.25. The first-order valence-electron chi connectivity index (χ1n) is 8.85. The standard InChI is InChI=1S/C20H17FN4O4S/c1-27-15-6-7-16-12(8-19(26)29-17(16)9-15)11-30-20-24-23-18(25(20)22)10-28-14-4-2-13(21)3-5-14/h2-9H,10-11,22H2,1H3. The molecular weight excluding hydrogens is 411 g/mol. The third-order valence-electron chi connectivity index (χ3n) is 4.31. The van der Waals surface area contributed by atoms with E-state index in [1.807, 2.05) is 6.07 Å². The van der Waals surface area contributed by atoms with Crippen molar-refractivity contribution in [3.8, 4) is 11.5 Å². The first-order chi connectivity index (χ1) is 14.5. The van der Waals surface area contributed by atoms with Crippen LogP contribution in [0, 0.1) is 5.82 Å². The maximum Gasteiger partial charge on any atom is 0.336 e. The van der Waals surface area contributed by atoms with Crippen molar-refractivity contribution in [2.45, 2.75) is 17.5 Å². The Balaban J connectivity index is 1.48. The van der Waals surface area contributed by atoms with E-state index < -0.39 is 5.63 Å². The molecule has 10 heteroatoms. The molecule has 0 aliphatic carbocycles. The zero-order chi connectivity index (χ0) is 21.1. The van der Waals surface area contributed by atoms with Gasteiger partial charge in [-0.3, -0.25) is 0 Å². The van der Waals surface area contributed by atoms with Gasteiger partial charge in [0.05, 0.1) is 7.11 Å². The Kier molecular flexibility index (Phi) is 5.57. The summed E-state index contributed by atoms with van der Waals surface area (Å²) in [6.45, 7) is 0.0767. The van der Waals surface area contributed by atoms with Gasteiger partial charge >= 0.3 is 5.63 Å². The number of rotatable bonds is 7. The fourth-order valence-electron chi connectivity index (χ4n) is 2.78. The van der Waals surface area contributed by atoms with Crippen LogP contribution in [0.5, 0.6) is 11.5 Å². The minimum atomic E-state index is -0.450. The molecule has 0 radical (unpaired) electrons. The number of aromatic nitrogens is 3. The van der Waals surface area contributed by atoms with Crippen LogP contribution >= 0.6 is 11.8 Å². The molecule has 0 unspecified atom stereocenters.